The van der Waals surface area contributed by atoms with Gasteiger partial charge in [0.2, 0.25) is 0 Å². The molecular weight excluding hydrogens is 363 g/mol. The van der Waals surface area contributed by atoms with Crippen molar-refractivity contribution in [2.75, 3.05) is 17.4 Å². The summed E-state index contributed by atoms with van der Waals surface area (Å²) in [6.45, 7) is 1.81. The van der Waals surface area contributed by atoms with Gasteiger partial charge in [-0.2, -0.15) is 0 Å². The molecule has 1 saturated carbocycles. The maximum absolute atomic E-state index is 13.7. The number of hydrogen-bond acceptors (Lipinski definition) is 3. The molecule has 3 aliphatic rings. The Morgan fingerprint density at radius 3 is 2.33 bits per heavy atom. The summed E-state index contributed by atoms with van der Waals surface area (Å²) >= 11 is 0. The zero-order valence-corrected chi connectivity index (χ0v) is 15.9. The molecule has 0 amide bonds. The molecule has 0 radical (unpaired) electrons. The maximum atomic E-state index is 13.7. The highest BCUT2D eigenvalue weighted by Gasteiger charge is 2.59. The Bertz CT molecular complexity index is 964. The molecule has 0 bridgehead atoms. The Hall–Kier alpha value is -1.92. The molecule has 2 heterocycles. The van der Waals surface area contributed by atoms with Crippen LogP contribution < -0.4 is 9.62 Å². The first-order valence-corrected chi connectivity index (χ1v) is 11.1. The van der Waals surface area contributed by atoms with Gasteiger partial charge in [-0.25, -0.2) is 12.8 Å². The molecule has 1 unspecified atom stereocenters. The number of hydrogen-bond donors (Lipinski definition) is 1. The van der Waals surface area contributed by atoms with Gasteiger partial charge in [-0.3, -0.25) is 4.31 Å². The molecule has 2 aromatic rings. The molecule has 1 N–H and O–H groups in total. The summed E-state index contributed by atoms with van der Waals surface area (Å²) in [7, 11) is -3.75. The summed E-state index contributed by atoms with van der Waals surface area (Å²) < 4.78 is 42.4. The Labute approximate surface area is 159 Å². The Morgan fingerprint density at radius 2 is 1.67 bits per heavy atom. The first-order valence-electron chi connectivity index (χ1n) is 9.64. The van der Waals surface area contributed by atoms with Crippen LogP contribution in [0.4, 0.5) is 10.1 Å². The number of anilines is 1. The molecule has 1 saturated heterocycles. The van der Waals surface area contributed by atoms with Gasteiger partial charge in [-0.1, -0.05) is 18.2 Å². The number of rotatable bonds is 3. The summed E-state index contributed by atoms with van der Waals surface area (Å²) in [4.78, 5) is 0.162. The molecule has 2 aromatic carbocycles. The van der Waals surface area contributed by atoms with Crippen molar-refractivity contribution in [1.29, 1.82) is 0 Å². The molecule has 1 atom stereocenters. The molecular formula is C21H23FN2O2S. The minimum Gasteiger partial charge on any atom is -0.317 e. The van der Waals surface area contributed by atoms with Gasteiger partial charge in [0, 0.05) is 5.41 Å². The smallest absolute Gasteiger partial charge is 0.264 e. The highest BCUT2D eigenvalue weighted by atomic mass is 32.2. The summed E-state index contributed by atoms with van der Waals surface area (Å²) in [6.07, 6.45) is 4.04. The fourth-order valence-corrected chi connectivity index (χ4v) is 6.91. The van der Waals surface area contributed by atoms with Gasteiger partial charge >= 0.3 is 0 Å². The second kappa shape index (κ2) is 6.04. The minimum atomic E-state index is -3.75. The second-order valence-electron chi connectivity index (χ2n) is 7.96. The van der Waals surface area contributed by atoms with Gasteiger partial charge in [0.15, 0.2) is 0 Å². The molecule has 27 heavy (non-hydrogen) atoms. The molecule has 4 nitrogen and oxygen atoms in total. The molecule has 1 spiro atoms. The van der Waals surface area contributed by atoms with E-state index < -0.39 is 15.8 Å². The molecule has 6 heteroatoms. The van der Waals surface area contributed by atoms with Gasteiger partial charge in [0.1, 0.15) is 5.82 Å². The molecule has 2 aliphatic heterocycles. The van der Waals surface area contributed by atoms with E-state index in [-0.39, 0.29) is 16.4 Å². The lowest BCUT2D eigenvalue weighted by Gasteiger charge is -2.42. The van der Waals surface area contributed by atoms with Crippen molar-refractivity contribution in [2.45, 2.75) is 42.0 Å². The second-order valence-corrected chi connectivity index (χ2v) is 9.78. The minimum absolute atomic E-state index is 0.0490. The number of sulfonamides is 1. The largest absolute Gasteiger partial charge is 0.317 e. The average molecular weight is 386 g/mol. The van der Waals surface area contributed by atoms with Crippen LogP contribution in [0, 0.1) is 11.7 Å². The summed E-state index contributed by atoms with van der Waals surface area (Å²) in [5.74, 6) is -0.0323. The van der Waals surface area contributed by atoms with E-state index in [4.69, 9.17) is 0 Å². The van der Waals surface area contributed by atoms with Crippen LogP contribution in [0.5, 0.6) is 0 Å². The van der Waals surface area contributed by atoms with Crippen molar-refractivity contribution < 1.29 is 12.8 Å². The fraction of sp³-hybridized carbons (Fsp3) is 0.429. The lowest BCUT2D eigenvalue weighted by atomic mass is 9.68. The van der Waals surface area contributed by atoms with Crippen LogP contribution in [0.25, 0.3) is 0 Å². The third-order valence-electron chi connectivity index (χ3n) is 6.43. The fourth-order valence-electron chi connectivity index (χ4n) is 5.11. The number of nitrogens with one attached hydrogen (secondary N) is 1. The van der Waals surface area contributed by atoms with E-state index >= 15 is 0 Å². The maximum Gasteiger partial charge on any atom is 0.264 e. The predicted molar refractivity (Wildman–Crippen MR) is 103 cm³/mol. The van der Waals surface area contributed by atoms with Crippen molar-refractivity contribution in [3.05, 3.63) is 59.9 Å². The van der Waals surface area contributed by atoms with E-state index in [9.17, 15) is 12.8 Å². The average Bonchev–Trinajstić information content (AvgIpc) is 3.48. The monoisotopic (exact) mass is 386 g/mol. The van der Waals surface area contributed by atoms with E-state index in [2.05, 4.69) is 11.4 Å². The SMILES string of the molecule is O=S(=O)(c1ccc(F)cc1)N1c2ccccc2C2(CCNCC2)C1C1CC1. The lowest BCUT2D eigenvalue weighted by Crippen LogP contribution is -2.53. The topological polar surface area (TPSA) is 49.4 Å². The highest BCUT2D eigenvalue weighted by molar-refractivity contribution is 7.92. The van der Waals surface area contributed by atoms with Crippen LogP contribution >= 0.6 is 0 Å². The normalized spacial score (nSPS) is 24.2. The number of para-hydroxylation sites is 1. The van der Waals surface area contributed by atoms with Crippen LogP contribution in [-0.2, 0) is 15.4 Å². The van der Waals surface area contributed by atoms with E-state index in [0.717, 1.165) is 50.0 Å². The van der Waals surface area contributed by atoms with E-state index in [1.807, 2.05) is 18.2 Å². The number of piperidine rings is 1. The van der Waals surface area contributed by atoms with Crippen LogP contribution in [0.1, 0.15) is 31.2 Å². The quantitative estimate of drug-likeness (QED) is 0.879. The molecule has 5 rings (SSSR count). The third kappa shape index (κ3) is 2.53. The molecule has 142 valence electrons. The number of halogens is 1. The van der Waals surface area contributed by atoms with Crippen LogP contribution in [-0.4, -0.2) is 27.5 Å². The Balaban J connectivity index is 1.70. The molecule has 1 aliphatic carbocycles. The zero-order chi connectivity index (χ0) is 18.6. The highest BCUT2D eigenvalue weighted by Crippen LogP contribution is 2.58. The van der Waals surface area contributed by atoms with Gasteiger partial charge in [-0.05, 0) is 80.6 Å². The standard InChI is InChI=1S/C21H23FN2O2S/c22-16-7-9-17(10-8-16)27(25,26)24-19-4-2-1-3-18(19)21(11-13-23-14-12-21)20(24)15-5-6-15/h1-4,7-10,15,20,23H,5-6,11-14H2. The third-order valence-corrected chi connectivity index (χ3v) is 8.24. The predicted octanol–water partition coefficient (Wildman–Crippen LogP) is 3.43. The summed E-state index contributed by atoms with van der Waals surface area (Å²) in [5, 5.41) is 3.43. The zero-order valence-electron chi connectivity index (χ0n) is 15.1. The van der Waals surface area contributed by atoms with Crippen LogP contribution in [0.15, 0.2) is 53.4 Å². The Morgan fingerprint density at radius 1 is 1.00 bits per heavy atom. The number of benzene rings is 2. The summed E-state index contributed by atoms with van der Waals surface area (Å²) in [6, 6.07) is 13.1. The number of nitrogens with zero attached hydrogens (tertiary/aromatic N) is 1. The van der Waals surface area contributed by atoms with Crippen molar-refractivity contribution >= 4 is 15.7 Å². The van der Waals surface area contributed by atoms with Crippen molar-refractivity contribution in [3.63, 3.8) is 0 Å². The van der Waals surface area contributed by atoms with Gasteiger partial charge in [0.05, 0.1) is 16.6 Å². The first-order chi connectivity index (χ1) is 13.0. The lowest BCUT2D eigenvalue weighted by molar-refractivity contribution is 0.256. The van der Waals surface area contributed by atoms with E-state index in [1.165, 1.54) is 24.3 Å². The van der Waals surface area contributed by atoms with Crippen molar-refractivity contribution in [1.82, 2.24) is 5.32 Å². The first kappa shape index (κ1) is 17.2. The van der Waals surface area contributed by atoms with Gasteiger partial charge in [0.25, 0.3) is 10.0 Å². The Kier molecular flexibility index (Phi) is 3.85. The van der Waals surface area contributed by atoms with Gasteiger partial charge in [-0.15, -0.1) is 0 Å². The summed E-state index contributed by atoms with van der Waals surface area (Å²) in [5.41, 5.74) is 1.84. The van der Waals surface area contributed by atoms with Gasteiger partial charge < -0.3 is 5.32 Å². The van der Waals surface area contributed by atoms with Crippen LogP contribution in [0.3, 0.4) is 0 Å². The van der Waals surface area contributed by atoms with E-state index in [0.29, 0.717) is 5.92 Å². The van der Waals surface area contributed by atoms with Crippen molar-refractivity contribution in [2.24, 2.45) is 5.92 Å². The van der Waals surface area contributed by atoms with Crippen molar-refractivity contribution in [3.8, 4) is 0 Å². The molecule has 2 fully saturated rings. The van der Waals surface area contributed by atoms with Crippen LogP contribution in [0.2, 0.25) is 0 Å². The van der Waals surface area contributed by atoms with E-state index in [1.54, 1.807) is 4.31 Å². The number of fused-ring (bicyclic) bond motifs is 2. The molecule has 0 aromatic heterocycles.